The van der Waals surface area contributed by atoms with Crippen molar-refractivity contribution in [2.75, 3.05) is 13.7 Å². The second kappa shape index (κ2) is 7.48. The zero-order chi connectivity index (χ0) is 13.5. The number of methoxy groups -OCH3 is 1. The molecule has 5 heteroatoms. The fourth-order valence-corrected chi connectivity index (χ4v) is 2.24. The van der Waals surface area contributed by atoms with Gasteiger partial charge in [0.1, 0.15) is 5.82 Å². The number of carbonyl (C=O) groups excluding carboxylic acids is 1. The normalized spacial score (nSPS) is 12.2. The van der Waals surface area contributed by atoms with Crippen molar-refractivity contribution in [3.63, 3.8) is 0 Å². The maximum atomic E-state index is 13.6. The van der Waals surface area contributed by atoms with E-state index in [1.54, 1.807) is 19.2 Å². The van der Waals surface area contributed by atoms with Crippen molar-refractivity contribution in [3.8, 4) is 0 Å². The first kappa shape index (κ1) is 15.1. The van der Waals surface area contributed by atoms with E-state index in [0.717, 1.165) is 12.8 Å². The van der Waals surface area contributed by atoms with E-state index in [-0.39, 0.29) is 11.6 Å². The standard InChI is InChI=1S/C13H17BrFNO2/c1-3-5-9(8-18-2)16-13(17)12-10(14)6-4-7-11(12)15/h4,6-7,9H,3,5,8H2,1-2H3,(H,16,17). The SMILES string of the molecule is CCCC(COC)NC(=O)c1c(F)cccc1Br. The average Bonchev–Trinajstić information content (AvgIpc) is 2.29. The third-order valence-corrected chi connectivity index (χ3v) is 3.19. The van der Waals surface area contributed by atoms with Crippen LogP contribution in [0.5, 0.6) is 0 Å². The second-order valence-electron chi connectivity index (χ2n) is 4.01. The maximum Gasteiger partial charge on any atom is 0.255 e. The molecule has 1 unspecified atom stereocenters. The Balaban J connectivity index is 2.80. The Morgan fingerprint density at radius 3 is 2.83 bits per heavy atom. The third-order valence-electron chi connectivity index (χ3n) is 2.53. The summed E-state index contributed by atoms with van der Waals surface area (Å²) in [5.41, 5.74) is 0.0368. The molecule has 1 N–H and O–H groups in total. The number of ether oxygens (including phenoxy) is 1. The molecule has 1 rings (SSSR count). The lowest BCUT2D eigenvalue weighted by Gasteiger charge is -2.17. The Hall–Kier alpha value is -0.940. The second-order valence-corrected chi connectivity index (χ2v) is 4.87. The predicted molar refractivity (Wildman–Crippen MR) is 72.1 cm³/mol. The number of hydrogen-bond donors (Lipinski definition) is 1. The third kappa shape index (κ3) is 4.07. The molecule has 100 valence electrons. The molecule has 1 amide bonds. The highest BCUT2D eigenvalue weighted by atomic mass is 79.9. The van der Waals surface area contributed by atoms with E-state index in [1.807, 2.05) is 6.92 Å². The van der Waals surface area contributed by atoms with E-state index < -0.39 is 11.7 Å². The molecule has 0 spiro atoms. The highest BCUT2D eigenvalue weighted by Crippen LogP contribution is 2.19. The summed E-state index contributed by atoms with van der Waals surface area (Å²) in [4.78, 5) is 12.0. The molecule has 0 bridgehead atoms. The number of halogens is 2. The van der Waals surface area contributed by atoms with Gasteiger partial charge in [0.25, 0.3) is 5.91 Å². The fourth-order valence-electron chi connectivity index (χ4n) is 1.72. The minimum atomic E-state index is -0.533. The molecule has 0 heterocycles. The smallest absolute Gasteiger partial charge is 0.255 e. The number of amides is 1. The molecule has 3 nitrogen and oxygen atoms in total. The molecule has 1 aromatic rings. The van der Waals surface area contributed by atoms with Crippen LogP contribution in [0.1, 0.15) is 30.1 Å². The molecule has 1 aromatic carbocycles. The van der Waals surface area contributed by atoms with Gasteiger partial charge in [-0.25, -0.2) is 4.39 Å². The summed E-state index contributed by atoms with van der Waals surface area (Å²) in [7, 11) is 1.58. The minimum absolute atomic E-state index is 0.0368. The summed E-state index contributed by atoms with van der Waals surface area (Å²) in [5, 5.41) is 2.78. The number of benzene rings is 1. The van der Waals surface area contributed by atoms with Gasteiger partial charge >= 0.3 is 0 Å². The Labute approximate surface area is 115 Å². The highest BCUT2D eigenvalue weighted by Gasteiger charge is 2.18. The molecule has 1 atom stereocenters. The van der Waals surface area contributed by atoms with Crippen LogP contribution in [0, 0.1) is 5.82 Å². The van der Waals surface area contributed by atoms with Gasteiger partial charge in [-0.05, 0) is 34.5 Å². The Kier molecular flexibility index (Phi) is 6.29. The van der Waals surface area contributed by atoms with Gasteiger partial charge in [-0.15, -0.1) is 0 Å². The Morgan fingerprint density at radius 1 is 1.56 bits per heavy atom. The van der Waals surface area contributed by atoms with Gasteiger partial charge in [-0.3, -0.25) is 4.79 Å². The van der Waals surface area contributed by atoms with E-state index in [1.165, 1.54) is 6.07 Å². The van der Waals surface area contributed by atoms with Crippen LogP contribution in [-0.2, 0) is 4.74 Å². The van der Waals surface area contributed by atoms with Gasteiger partial charge < -0.3 is 10.1 Å². The van der Waals surface area contributed by atoms with Crippen LogP contribution in [0.25, 0.3) is 0 Å². The van der Waals surface area contributed by atoms with Crippen LogP contribution < -0.4 is 5.32 Å². The van der Waals surface area contributed by atoms with Crippen molar-refractivity contribution in [1.82, 2.24) is 5.32 Å². The number of carbonyl (C=O) groups is 1. The van der Waals surface area contributed by atoms with Crippen LogP contribution in [0.2, 0.25) is 0 Å². The summed E-state index contributed by atoms with van der Waals surface area (Å²) in [6.45, 7) is 2.44. The Morgan fingerprint density at radius 2 is 2.28 bits per heavy atom. The molecule has 0 saturated carbocycles. The first-order chi connectivity index (χ1) is 8.60. The van der Waals surface area contributed by atoms with Gasteiger partial charge in [0.2, 0.25) is 0 Å². The quantitative estimate of drug-likeness (QED) is 0.875. The van der Waals surface area contributed by atoms with Gasteiger partial charge in [0.05, 0.1) is 18.2 Å². The van der Waals surface area contributed by atoms with Gasteiger partial charge in [-0.1, -0.05) is 19.4 Å². The maximum absolute atomic E-state index is 13.6. The number of hydrogen-bond acceptors (Lipinski definition) is 2. The molecular formula is C13H17BrFNO2. The summed E-state index contributed by atoms with van der Waals surface area (Å²) in [6.07, 6.45) is 1.72. The molecule has 0 radical (unpaired) electrons. The lowest BCUT2D eigenvalue weighted by molar-refractivity contribution is 0.0887. The fraction of sp³-hybridized carbons (Fsp3) is 0.462. The van der Waals surface area contributed by atoms with Crippen molar-refractivity contribution < 1.29 is 13.9 Å². The van der Waals surface area contributed by atoms with E-state index in [9.17, 15) is 9.18 Å². The Bertz CT molecular complexity index is 386. The lowest BCUT2D eigenvalue weighted by atomic mass is 10.1. The summed E-state index contributed by atoms with van der Waals surface area (Å²) in [6, 6.07) is 4.36. The largest absolute Gasteiger partial charge is 0.383 e. The monoisotopic (exact) mass is 317 g/mol. The van der Waals surface area contributed by atoms with Crippen molar-refractivity contribution in [2.24, 2.45) is 0 Å². The lowest BCUT2D eigenvalue weighted by Crippen LogP contribution is -2.38. The summed E-state index contributed by atoms with van der Waals surface area (Å²) in [5.74, 6) is -0.954. The molecule has 0 aliphatic rings. The van der Waals surface area contributed by atoms with Gasteiger partial charge in [-0.2, -0.15) is 0 Å². The zero-order valence-corrected chi connectivity index (χ0v) is 12.1. The molecule has 0 saturated heterocycles. The molecule has 0 aromatic heterocycles. The van der Waals surface area contributed by atoms with Gasteiger partial charge in [0, 0.05) is 11.6 Å². The van der Waals surface area contributed by atoms with Crippen molar-refractivity contribution in [3.05, 3.63) is 34.1 Å². The summed E-state index contributed by atoms with van der Waals surface area (Å²) >= 11 is 3.18. The first-order valence-corrected chi connectivity index (χ1v) is 6.63. The van der Waals surface area contributed by atoms with Crippen molar-refractivity contribution >= 4 is 21.8 Å². The van der Waals surface area contributed by atoms with E-state index in [4.69, 9.17) is 4.74 Å². The average molecular weight is 318 g/mol. The van der Waals surface area contributed by atoms with Crippen molar-refractivity contribution in [2.45, 2.75) is 25.8 Å². The van der Waals surface area contributed by atoms with Crippen LogP contribution in [0.3, 0.4) is 0 Å². The van der Waals surface area contributed by atoms with Crippen molar-refractivity contribution in [1.29, 1.82) is 0 Å². The van der Waals surface area contributed by atoms with E-state index in [2.05, 4.69) is 21.2 Å². The minimum Gasteiger partial charge on any atom is -0.383 e. The number of rotatable bonds is 6. The molecular weight excluding hydrogens is 301 g/mol. The highest BCUT2D eigenvalue weighted by molar-refractivity contribution is 9.10. The molecule has 0 aliphatic carbocycles. The topological polar surface area (TPSA) is 38.3 Å². The molecule has 0 aliphatic heterocycles. The van der Waals surface area contributed by atoms with Crippen LogP contribution in [0.15, 0.2) is 22.7 Å². The van der Waals surface area contributed by atoms with Crippen LogP contribution >= 0.6 is 15.9 Å². The predicted octanol–water partition coefficient (Wildman–Crippen LogP) is 3.13. The number of nitrogens with one attached hydrogen (secondary N) is 1. The first-order valence-electron chi connectivity index (χ1n) is 5.84. The molecule has 18 heavy (non-hydrogen) atoms. The zero-order valence-electron chi connectivity index (χ0n) is 10.5. The van der Waals surface area contributed by atoms with Gasteiger partial charge in [0.15, 0.2) is 0 Å². The van der Waals surface area contributed by atoms with Crippen LogP contribution in [-0.4, -0.2) is 25.7 Å². The van der Waals surface area contributed by atoms with E-state index >= 15 is 0 Å². The van der Waals surface area contributed by atoms with E-state index in [0.29, 0.717) is 11.1 Å². The molecule has 0 fully saturated rings. The summed E-state index contributed by atoms with van der Waals surface area (Å²) < 4.78 is 19.1. The van der Waals surface area contributed by atoms with Crippen LogP contribution in [0.4, 0.5) is 4.39 Å².